The van der Waals surface area contributed by atoms with Crippen molar-refractivity contribution in [2.24, 2.45) is 5.92 Å². The molecule has 2 N–H and O–H groups in total. The Hall–Kier alpha value is -1.10. The summed E-state index contributed by atoms with van der Waals surface area (Å²) in [5.41, 5.74) is 0. The standard InChI is InChI=1S/C14H26N2O3/c1-5-6-9(2)15-13(17)11(4)16-8-7-12(10(16)3)14(18)19/h9-12H,5-8H2,1-4H3,(H,15,17)(H,18,19). The van der Waals surface area contributed by atoms with Crippen LogP contribution in [0.1, 0.15) is 47.0 Å². The van der Waals surface area contributed by atoms with Gasteiger partial charge in [-0.05, 0) is 33.6 Å². The van der Waals surface area contributed by atoms with E-state index in [2.05, 4.69) is 12.2 Å². The van der Waals surface area contributed by atoms with E-state index in [9.17, 15) is 9.59 Å². The topological polar surface area (TPSA) is 69.6 Å². The van der Waals surface area contributed by atoms with Crippen molar-refractivity contribution in [3.8, 4) is 0 Å². The second kappa shape index (κ2) is 6.89. The van der Waals surface area contributed by atoms with E-state index in [1.807, 2.05) is 25.7 Å². The zero-order valence-corrected chi connectivity index (χ0v) is 12.3. The SMILES string of the molecule is CCCC(C)NC(=O)C(C)N1CCC(C(=O)O)C1C. The molecule has 0 aromatic heterocycles. The summed E-state index contributed by atoms with van der Waals surface area (Å²) in [7, 11) is 0. The molecule has 1 amide bonds. The fourth-order valence-corrected chi connectivity index (χ4v) is 2.86. The Morgan fingerprint density at radius 2 is 2.05 bits per heavy atom. The number of carbonyl (C=O) groups excluding carboxylic acids is 1. The molecule has 1 rings (SSSR count). The van der Waals surface area contributed by atoms with Gasteiger partial charge in [0.15, 0.2) is 0 Å². The van der Waals surface area contributed by atoms with E-state index in [0.29, 0.717) is 13.0 Å². The molecule has 19 heavy (non-hydrogen) atoms. The maximum absolute atomic E-state index is 12.1. The van der Waals surface area contributed by atoms with Gasteiger partial charge in [-0.1, -0.05) is 13.3 Å². The number of hydrogen-bond acceptors (Lipinski definition) is 3. The summed E-state index contributed by atoms with van der Waals surface area (Å²) >= 11 is 0. The van der Waals surface area contributed by atoms with Crippen molar-refractivity contribution in [2.45, 2.75) is 65.1 Å². The van der Waals surface area contributed by atoms with Crippen molar-refractivity contribution in [1.29, 1.82) is 0 Å². The Bertz CT molecular complexity index is 333. The van der Waals surface area contributed by atoms with Crippen LogP contribution in [0.3, 0.4) is 0 Å². The highest BCUT2D eigenvalue weighted by Crippen LogP contribution is 2.26. The van der Waals surface area contributed by atoms with Crippen molar-refractivity contribution >= 4 is 11.9 Å². The fraction of sp³-hybridized carbons (Fsp3) is 0.857. The molecule has 0 bridgehead atoms. The maximum atomic E-state index is 12.1. The smallest absolute Gasteiger partial charge is 0.308 e. The Balaban J connectivity index is 2.56. The van der Waals surface area contributed by atoms with Crippen LogP contribution >= 0.6 is 0 Å². The lowest BCUT2D eigenvalue weighted by Gasteiger charge is -2.29. The van der Waals surface area contributed by atoms with Gasteiger partial charge in [-0.25, -0.2) is 0 Å². The van der Waals surface area contributed by atoms with Crippen LogP contribution < -0.4 is 5.32 Å². The first kappa shape index (κ1) is 16.0. The molecule has 110 valence electrons. The number of carbonyl (C=O) groups is 2. The van der Waals surface area contributed by atoms with Gasteiger partial charge < -0.3 is 10.4 Å². The van der Waals surface area contributed by atoms with Gasteiger partial charge in [0.25, 0.3) is 0 Å². The third-order valence-corrected chi connectivity index (χ3v) is 4.11. The zero-order valence-electron chi connectivity index (χ0n) is 12.3. The van der Waals surface area contributed by atoms with Crippen molar-refractivity contribution in [2.75, 3.05) is 6.54 Å². The minimum Gasteiger partial charge on any atom is -0.481 e. The summed E-state index contributed by atoms with van der Waals surface area (Å²) in [5.74, 6) is -1.12. The van der Waals surface area contributed by atoms with E-state index in [1.165, 1.54) is 0 Å². The van der Waals surface area contributed by atoms with Crippen molar-refractivity contribution in [3.63, 3.8) is 0 Å². The molecule has 0 aliphatic carbocycles. The van der Waals surface area contributed by atoms with Crippen LogP contribution in [-0.4, -0.2) is 46.6 Å². The van der Waals surface area contributed by atoms with E-state index in [-0.39, 0.29) is 30.0 Å². The van der Waals surface area contributed by atoms with Gasteiger partial charge in [-0.3, -0.25) is 14.5 Å². The number of carboxylic acid groups (broad SMARTS) is 1. The average Bonchev–Trinajstić information content (AvgIpc) is 2.70. The molecule has 0 aromatic rings. The molecule has 1 aliphatic heterocycles. The van der Waals surface area contributed by atoms with Crippen LogP contribution in [0.5, 0.6) is 0 Å². The van der Waals surface area contributed by atoms with E-state index >= 15 is 0 Å². The van der Waals surface area contributed by atoms with Crippen LogP contribution in [0.2, 0.25) is 0 Å². The Kier molecular flexibility index (Phi) is 5.79. The zero-order chi connectivity index (χ0) is 14.6. The highest BCUT2D eigenvalue weighted by atomic mass is 16.4. The molecule has 5 nitrogen and oxygen atoms in total. The number of nitrogens with one attached hydrogen (secondary N) is 1. The van der Waals surface area contributed by atoms with Crippen LogP contribution in [0, 0.1) is 5.92 Å². The Labute approximate surface area is 115 Å². The van der Waals surface area contributed by atoms with Crippen molar-refractivity contribution in [1.82, 2.24) is 10.2 Å². The molecule has 0 saturated carbocycles. The normalized spacial score (nSPS) is 26.9. The number of carboxylic acids is 1. The number of aliphatic carboxylic acids is 1. The van der Waals surface area contributed by atoms with Gasteiger partial charge >= 0.3 is 5.97 Å². The first-order valence-corrected chi connectivity index (χ1v) is 7.17. The second-order valence-electron chi connectivity index (χ2n) is 5.59. The van der Waals surface area contributed by atoms with Gasteiger partial charge in [0.1, 0.15) is 0 Å². The first-order valence-electron chi connectivity index (χ1n) is 7.17. The Morgan fingerprint density at radius 3 is 2.53 bits per heavy atom. The fourth-order valence-electron chi connectivity index (χ4n) is 2.86. The molecule has 1 heterocycles. The molecule has 5 heteroatoms. The van der Waals surface area contributed by atoms with Crippen LogP contribution in [-0.2, 0) is 9.59 Å². The summed E-state index contributed by atoms with van der Waals surface area (Å²) in [6.07, 6.45) is 2.63. The lowest BCUT2D eigenvalue weighted by molar-refractivity contribution is -0.143. The first-order chi connectivity index (χ1) is 8.88. The monoisotopic (exact) mass is 270 g/mol. The van der Waals surface area contributed by atoms with Gasteiger partial charge in [0, 0.05) is 18.6 Å². The molecule has 1 saturated heterocycles. The molecule has 1 aliphatic rings. The number of amides is 1. The third-order valence-electron chi connectivity index (χ3n) is 4.11. The summed E-state index contributed by atoms with van der Waals surface area (Å²) in [6.45, 7) is 8.52. The lowest BCUT2D eigenvalue weighted by atomic mass is 10.0. The van der Waals surface area contributed by atoms with E-state index in [1.54, 1.807) is 0 Å². The van der Waals surface area contributed by atoms with Crippen LogP contribution in [0.4, 0.5) is 0 Å². The molecule has 4 atom stereocenters. The predicted molar refractivity (Wildman–Crippen MR) is 73.9 cm³/mol. The number of rotatable bonds is 6. The number of nitrogens with zero attached hydrogens (tertiary/aromatic N) is 1. The highest BCUT2D eigenvalue weighted by molar-refractivity contribution is 5.82. The number of hydrogen-bond donors (Lipinski definition) is 2. The molecule has 1 fully saturated rings. The minimum atomic E-state index is -0.762. The molecular formula is C14H26N2O3. The second-order valence-corrected chi connectivity index (χ2v) is 5.59. The quantitative estimate of drug-likeness (QED) is 0.767. The van der Waals surface area contributed by atoms with Gasteiger partial charge in [0.05, 0.1) is 12.0 Å². The molecular weight excluding hydrogens is 244 g/mol. The summed E-state index contributed by atoms with van der Waals surface area (Å²) < 4.78 is 0. The predicted octanol–water partition coefficient (Wildman–Crippen LogP) is 1.47. The molecule has 0 spiro atoms. The van der Waals surface area contributed by atoms with E-state index < -0.39 is 5.97 Å². The van der Waals surface area contributed by atoms with Crippen molar-refractivity contribution < 1.29 is 14.7 Å². The highest BCUT2D eigenvalue weighted by Gasteiger charge is 2.39. The minimum absolute atomic E-state index is 0.00108. The van der Waals surface area contributed by atoms with Gasteiger partial charge in [-0.2, -0.15) is 0 Å². The number of likely N-dealkylation sites (tertiary alicyclic amines) is 1. The van der Waals surface area contributed by atoms with Gasteiger partial charge in [0.2, 0.25) is 5.91 Å². The van der Waals surface area contributed by atoms with Crippen molar-refractivity contribution in [3.05, 3.63) is 0 Å². The summed E-state index contributed by atoms with van der Waals surface area (Å²) in [5, 5.41) is 12.1. The molecule has 0 radical (unpaired) electrons. The summed E-state index contributed by atoms with van der Waals surface area (Å²) in [4.78, 5) is 25.2. The third kappa shape index (κ3) is 3.93. The summed E-state index contributed by atoms with van der Waals surface area (Å²) in [6, 6.07) is -0.175. The van der Waals surface area contributed by atoms with Crippen LogP contribution in [0.15, 0.2) is 0 Å². The Morgan fingerprint density at radius 1 is 1.42 bits per heavy atom. The van der Waals surface area contributed by atoms with E-state index in [0.717, 1.165) is 12.8 Å². The maximum Gasteiger partial charge on any atom is 0.308 e. The lowest BCUT2D eigenvalue weighted by Crippen LogP contribution is -2.49. The average molecular weight is 270 g/mol. The molecule has 4 unspecified atom stereocenters. The largest absolute Gasteiger partial charge is 0.481 e. The van der Waals surface area contributed by atoms with Crippen LogP contribution in [0.25, 0.3) is 0 Å². The van der Waals surface area contributed by atoms with E-state index in [4.69, 9.17) is 5.11 Å². The molecule has 0 aromatic carbocycles. The van der Waals surface area contributed by atoms with Gasteiger partial charge in [-0.15, -0.1) is 0 Å².